The van der Waals surface area contributed by atoms with Crippen molar-refractivity contribution < 1.29 is 9.84 Å². The summed E-state index contributed by atoms with van der Waals surface area (Å²) in [5.74, 6) is 1.01. The number of benzene rings is 1. The minimum Gasteiger partial charge on any atom is -0.490 e. The lowest BCUT2D eigenvalue weighted by atomic mass is 9.93. The first kappa shape index (κ1) is 14.8. The highest BCUT2D eigenvalue weighted by Gasteiger charge is 2.36. The molecule has 2 aliphatic heterocycles. The third-order valence-corrected chi connectivity index (χ3v) is 4.84. The first-order valence-electron chi connectivity index (χ1n) is 8.13. The Balaban J connectivity index is 1.86. The Morgan fingerprint density at radius 1 is 1.19 bits per heavy atom. The van der Waals surface area contributed by atoms with Gasteiger partial charge >= 0.3 is 0 Å². The number of nitrogens with zero attached hydrogens (tertiary/aromatic N) is 2. The molecule has 3 rings (SSSR count). The molecule has 1 N–H and O–H groups in total. The fourth-order valence-corrected chi connectivity index (χ4v) is 3.56. The van der Waals surface area contributed by atoms with Gasteiger partial charge in [-0.1, -0.05) is 32.0 Å². The molecule has 4 heteroatoms. The molecule has 1 fully saturated rings. The minimum absolute atomic E-state index is 0.0826. The summed E-state index contributed by atoms with van der Waals surface area (Å²) in [4.78, 5) is 4.89. The molecule has 0 radical (unpaired) electrons. The van der Waals surface area contributed by atoms with Crippen LogP contribution in [0.15, 0.2) is 18.2 Å². The molecule has 0 amide bonds. The van der Waals surface area contributed by atoms with Crippen molar-refractivity contribution in [2.45, 2.75) is 32.4 Å². The normalized spacial score (nSPS) is 27.2. The standard InChI is InChI=1S/C17H26N2O2/c1-3-13-6-5-7-14-16(15(20)12-21-17(13)14)19-10-8-18(4-2)9-11-19/h5-7,15-16,20H,3-4,8-12H2,1-2H3. The van der Waals surface area contributed by atoms with Crippen molar-refractivity contribution in [2.75, 3.05) is 39.3 Å². The molecule has 0 aliphatic carbocycles. The number of hydrogen-bond donors (Lipinski definition) is 1. The number of aryl methyl sites for hydroxylation is 1. The lowest BCUT2D eigenvalue weighted by molar-refractivity contribution is -0.0177. The van der Waals surface area contributed by atoms with Gasteiger partial charge in [0, 0.05) is 31.7 Å². The molecule has 21 heavy (non-hydrogen) atoms. The Kier molecular flexibility index (Phi) is 4.48. The van der Waals surface area contributed by atoms with Crippen LogP contribution in [0.25, 0.3) is 0 Å². The molecule has 1 saturated heterocycles. The van der Waals surface area contributed by atoms with Gasteiger partial charge < -0.3 is 14.7 Å². The quantitative estimate of drug-likeness (QED) is 0.919. The van der Waals surface area contributed by atoms with Crippen molar-refractivity contribution in [3.8, 4) is 5.75 Å². The van der Waals surface area contributed by atoms with Gasteiger partial charge in [-0.15, -0.1) is 0 Å². The van der Waals surface area contributed by atoms with Crippen molar-refractivity contribution in [1.29, 1.82) is 0 Å². The average molecular weight is 290 g/mol. The summed E-state index contributed by atoms with van der Waals surface area (Å²) in [5.41, 5.74) is 2.41. The molecule has 1 aromatic carbocycles. The Labute approximate surface area is 127 Å². The zero-order valence-electron chi connectivity index (χ0n) is 13.1. The lowest BCUT2D eigenvalue weighted by Gasteiger charge is -2.43. The zero-order valence-corrected chi connectivity index (χ0v) is 13.1. The van der Waals surface area contributed by atoms with Gasteiger partial charge in [0.2, 0.25) is 0 Å². The zero-order chi connectivity index (χ0) is 14.8. The van der Waals surface area contributed by atoms with Crippen LogP contribution in [0.2, 0.25) is 0 Å². The largest absolute Gasteiger partial charge is 0.490 e. The van der Waals surface area contributed by atoms with Crippen LogP contribution in [0.5, 0.6) is 5.75 Å². The van der Waals surface area contributed by atoms with Crippen molar-refractivity contribution in [3.05, 3.63) is 29.3 Å². The predicted molar refractivity (Wildman–Crippen MR) is 83.7 cm³/mol. The molecule has 0 spiro atoms. The van der Waals surface area contributed by atoms with E-state index in [1.54, 1.807) is 0 Å². The predicted octanol–water partition coefficient (Wildman–Crippen LogP) is 1.68. The molecule has 0 aromatic heterocycles. The number of aliphatic hydroxyl groups is 1. The molecule has 2 aliphatic rings. The van der Waals surface area contributed by atoms with E-state index in [9.17, 15) is 5.11 Å². The van der Waals surface area contributed by atoms with E-state index >= 15 is 0 Å². The first-order valence-corrected chi connectivity index (χ1v) is 8.13. The van der Waals surface area contributed by atoms with Crippen LogP contribution in [0, 0.1) is 0 Å². The summed E-state index contributed by atoms with van der Waals surface area (Å²) >= 11 is 0. The Morgan fingerprint density at radius 3 is 2.62 bits per heavy atom. The third-order valence-electron chi connectivity index (χ3n) is 4.84. The topological polar surface area (TPSA) is 35.9 Å². The first-order chi connectivity index (χ1) is 10.2. The highest BCUT2D eigenvalue weighted by atomic mass is 16.5. The van der Waals surface area contributed by atoms with E-state index < -0.39 is 6.10 Å². The van der Waals surface area contributed by atoms with Crippen molar-refractivity contribution >= 4 is 0 Å². The average Bonchev–Trinajstić information content (AvgIpc) is 2.54. The van der Waals surface area contributed by atoms with Gasteiger partial charge in [-0.2, -0.15) is 0 Å². The second-order valence-electron chi connectivity index (χ2n) is 5.98. The molecular formula is C17H26N2O2. The summed E-state index contributed by atoms with van der Waals surface area (Å²) in [6, 6.07) is 6.42. The number of likely N-dealkylation sites (N-methyl/N-ethyl adjacent to an activating group) is 1. The number of ether oxygens (including phenoxy) is 1. The maximum atomic E-state index is 10.5. The van der Waals surface area contributed by atoms with Gasteiger partial charge in [0.15, 0.2) is 0 Å². The van der Waals surface area contributed by atoms with Gasteiger partial charge in [0.1, 0.15) is 18.5 Å². The van der Waals surface area contributed by atoms with Gasteiger partial charge in [0.25, 0.3) is 0 Å². The molecule has 2 unspecified atom stereocenters. The van der Waals surface area contributed by atoms with Crippen LogP contribution in [0.4, 0.5) is 0 Å². The maximum absolute atomic E-state index is 10.5. The lowest BCUT2D eigenvalue weighted by Crippen LogP contribution is -2.51. The molecule has 0 bridgehead atoms. The van der Waals surface area contributed by atoms with Crippen LogP contribution >= 0.6 is 0 Å². The number of aliphatic hydroxyl groups excluding tert-OH is 1. The van der Waals surface area contributed by atoms with Gasteiger partial charge in [0.05, 0.1) is 6.04 Å². The van der Waals surface area contributed by atoms with Crippen LogP contribution in [0.3, 0.4) is 0 Å². The number of para-hydroxylation sites is 1. The molecule has 2 atom stereocenters. The van der Waals surface area contributed by atoms with E-state index in [0.717, 1.165) is 50.5 Å². The molecule has 1 aromatic rings. The molecule has 116 valence electrons. The Bertz CT molecular complexity index is 484. The van der Waals surface area contributed by atoms with Crippen LogP contribution in [-0.2, 0) is 6.42 Å². The van der Waals surface area contributed by atoms with Crippen molar-refractivity contribution in [3.63, 3.8) is 0 Å². The SMILES string of the molecule is CCc1cccc2c1OCC(O)C2N1CCN(CC)CC1. The Morgan fingerprint density at radius 2 is 1.95 bits per heavy atom. The number of hydrogen-bond acceptors (Lipinski definition) is 4. The number of piperazine rings is 1. The monoisotopic (exact) mass is 290 g/mol. The third kappa shape index (κ3) is 2.80. The summed E-state index contributed by atoms with van der Waals surface area (Å²) in [7, 11) is 0. The van der Waals surface area contributed by atoms with Crippen LogP contribution < -0.4 is 4.74 Å². The molecular weight excluding hydrogens is 264 g/mol. The second-order valence-corrected chi connectivity index (χ2v) is 5.98. The van der Waals surface area contributed by atoms with E-state index in [4.69, 9.17) is 4.74 Å². The maximum Gasteiger partial charge on any atom is 0.127 e. The van der Waals surface area contributed by atoms with Crippen molar-refractivity contribution in [2.24, 2.45) is 0 Å². The fourth-order valence-electron chi connectivity index (χ4n) is 3.56. The van der Waals surface area contributed by atoms with Crippen molar-refractivity contribution in [1.82, 2.24) is 9.80 Å². The molecule has 0 saturated carbocycles. The van der Waals surface area contributed by atoms with E-state index in [0.29, 0.717) is 6.61 Å². The number of rotatable bonds is 3. The fraction of sp³-hybridized carbons (Fsp3) is 0.647. The summed E-state index contributed by atoms with van der Waals surface area (Å²) in [6.45, 7) is 10.1. The van der Waals surface area contributed by atoms with Crippen LogP contribution in [0.1, 0.15) is 31.0 Å². The van der Waals surface area contributed by atoms with Crippen LogP contribution in [-0.4, -0.2) is 60.3 Å². The smallest absolute Gasteiger partial charge is 0.127 e. The molecule has 2 heterocycles. The Hall–Kier alpha value is -1.10. The van der Waals surface area contributed by atoms with Gasteiger partial charge in [-0.05, 0) is 18.5 Å². The summed E-state index contributed by atoms with van der Waals surface area (Å²) in [5, 5.41) is 10.5. The van der Waals surface area contributed by atoms with E-state index in [1.807, 2.05) is 0 Å². The van der Waals surface area contributed by atoms with Gasteiger partial charge in [-0.25, -0.2) is 0 Å². The summed E-state index contributed by atoms with van der Waals surface area (Å²) in [6.07, 6.45) is 0.535. The van der Waals surface area contributed by atoms with E-state index in [2.05, 4.69) is 41.8 Å². The molecule has 4 nitrogen and oxygen atoms in total. The van der Waals surface area contributed by atoms with E-state index in [-0.39, 0.29) is 6.04 Å². The highest BCUT2D eigenvalue weighted by molar-refractivity contribution is 5.45. The second kappa shape index (κ2) is 6.34. The highest BCUT2D eigenvalue weighted by Crippen LogP contribution is 2.39. The minimum atomic E-state index is -0.433. The van der Waals surface area contributed by atoms with E-state index in [1.165, 1.54) is 5.56 Å². The van der Waals surface area contributed by atoms with Gasteiger partial charge in [-0.3, -0.25) is 4.90 Å². The summed E-state index contributed by atoms with van der Waals surface area (Å²) < 4.78 is 5.83. The number of fused-ring (bicyclic) bond motifs is 1.